The number of terminal acetylenes is 1. The van der Waals surface area contributed by atoms with E-state index < -0.39 is 12.1 Å². The molecule has 0 N–H and O–H groups in total. The van der Waals surface area contributed by atoms with Crippen molar-refractivity contribution in [2.45, 2.75) is 13.0 Å². The average molecular weight is 240 g/mol. The molecule has 90 valence electrons. The first-order chi connectivity index (χ1) is 8.70. The van der Waals surface area contributed by atoms with Gasteiger partial charge in [0, 0.05) is 12.4 Å². The van der Waals surface area contributed by atoms with Gasteiger partial charge in [-0.15, -0.1) is 6.42 Å². The lowest BCUT2D eigenvalue weighted by atomic mass is 10.2. The highest BCUT2D eigenvalue weighted by atomic mass is 16.5. The molecule has 2 aromatic rings. The van der Waals surface area contributed by atoms with Crippen LogP contribution in [0.15, 0.2) is 42.7 Å². The molecular weight excluding hydrogens is 228 g/mol. The first kappa shape index (κ1) is 11.9. The maximum atomic E-state index is 11.8. The zero-order valence-electron chi connectivity index (χ0n) is 9.91. The van der Waals surface area contributed by atoms with Gasteiger partial charge in [-0.1, -0.05) is 12.0 Å². The largest absolute Gasteiger partial charge is 0.446 e. The van der Waals surface area contributed by atoms with Crippen molar-refractivity contribution in [2.75, 3.05) is 0 Å². The minimum atomic E-state index is -0.536. The molecule has 0 saturated carbocycles. The minimum Gasteiger partial charge on any atom is -0.446 e. The van der Waals surface area contributed by atoms with Crippen LogP contribution in [0.25, 0.3) is 5.69 Å². The number of benzene rings is 1. The zero-order valence-corrected chi connectivity index (χ0v) is 9.91. The molecule has 4 heteroatoms. The van der Waals surface area contributed by atoms with Crippen molar-refractivity contribution in [3.63, 3.8) is 0 Å². The van der Waals surface area contributed by atoms with Gasteiger partial charge >= 0.3 is 5.97 Å². The van der Waals surface area contributed by atoms with Crippen molar-refractivity contribution in [1.82, 2.24) is 9.78 Å². The van der Waals surface area contributed by atoms with Gasteiger partial charge in [0.2, 0.25) is 0 Å². The first-order valence-electron chi connectivity index (χ1n) is 5.48. The Kier molecular flexibility index (Phi) is 3.44. The number of nitrogens with zero attached hydrogens (tertiary/aromatic N) is 2. The van der Waals surface area contributed by atoms with Crippen LogP contribution < -0.4 is 0 Å². The Hall–Kier alpha value is -2.54. The van der Waals surface area contributed by atoms with E-state index in [-0.39, 0.29) is 0 Å². The van der Waals surface area contributed by atoms with Gasteiger partial charge in [0.1, 0.15) is 0 Å². The van der Waals surface area contributed by atoms with Crippen LogP contribution in [-0.2, 0) is 4.74 Å². The van der Waals surface area contributed by atoms with Crippen LogP contribution in [0.2, 0.25) is 0 Å². The maximum absolute atomic E-state index is 11.8. The van der Waals surface area contributed by atoms with Crippen molar-refractivity contribution >= 4 is 5.97 Å². The topological polar surface area (TPSA) is 44.1 Å². The summed E-state index contributed by atoms with van der Waals surface area (Å²) in [5.41, 5.74) is 1.24. The SMILES string of the molecule is C#C[C@@H](C)OC(=O)c1cccc(-n2cccn2)c1. The summed E-state index contributed by atoms with van der Waals surface area (Å²) in [5, 5.41) is 4.10. The quantitative estimate of drug-likeness (QED) is 0.609. The van der Waals surface area contributed by atoms with Crippen LogP contribution in [0.4, 0.5) is 0 Å². The molecule has 1 aromatic carbocycles. The molecule has 0 spiro atoms. The highest BCUT2D eigenvalue weighted by Gasteiger charge is 2.11. The summed E-state index contributed by atoms with van der Waals surface area (Å²) in [6, 6.07) is 8.82. The first-order valence-corrected chi connectivity index (χ1v) is 5.48. The Bertz CT molecular complexity index is 582. The van der Waals surface area contributed by atoms with Crippen LogP contribution in [0.1, 0.15) is 17.3 Å². The maximum Gasteiger partial charge on any atom is 0.339 e. The number of hydrogen-bond acceptors (Lipinski definition) is 3. The second kappa shape index (κ2) is 5.19. The van der Waals surface area contributed by atoms with Crippen molar-refractivity contribution in [2.24, 2.45) is 0 Å². The molecule has 1 atom stereocenters. The Morgan fingerprint density at radius 3 is 3.00 bits per heavy atom. The van der Waals surface area contributed by atoms with E-state index in [0.29, 0.717) is 5.56 Å². The lowest BCUT2D eigenvalue weighted by molar-refractivity contribution is 0.0439. The predicted molar refractivity (Wildman–Crippen MR) is 67.3 cm³/mol. The van der Waals surface area contributed by atoms with Gasteiger partial charge in [0.15, 0.2) is 6.10 Å². The lowest BCUT2D eigenvalue weighted by Crippen LogP contribution is -2.13. The fourth-order valence-electron chi connectivity index (χ4n) is 1.46. The summed E-state index contributed by atoms with van der Waals surface area (Å²) in [6.07, 6.45) is 8.10. The summed E-state index contributed by atoms with van der Waals surface area (Å²) in [5.74, 6) is 1.91. The number of rotatable bonds is 3. The zero-order chi connectivity index (χ0) is 13.0. The van der Waals surface area contributed by atoms with Crippen LogP contribution in [-0.4, -0.2) is 21.9 Å². The molecule has 0 radical (unpaired) electrons. The summed E-state index contributed by atoms with van der Waals surface area (Å²) in [6.45, 7) is 1.65. The Morgan fingerprint density at radius 1 is 1.50 bits per heavy atom. The van der Waals surface area contributed by atoms with Gasteiger partial charge in [-0.3, -0.25) is 0 Å². The van der Waals surface area contributed by atoms with Crippen LogP contribution in [0.3, 0.4) is 0 Å². The number of esters is 1. The fourth-order valence-corrected chi connectivity index (χ4v) is 1.46. The van der Waals surface area contributed by atoms with Crippen LogP contribution >= 0.6 is 0 Å². The van der Waals surface area contributed by atoms with E-state index in [2.05, 4.69) is 11.0 Å². The number of aromatic nitrogens is 2. The van der Waals surface area contributed by atoms with Crippen LogP contribution in [0, 0.1) is 12.3 Å². The molecule has 0 amide bonds. The van der Waals surface area contributed by atoms with Crippen molar-refractivity contribution in [3.8, 4) is 18.0 Å². The monoisotopic (exact) mass is 240 g/mol. The predicted octanol–water partition coefficient (Wildman–Crippen LogP) is 2.05. The normalized spacial score (nSPS) is 11.6. The molecule has 1 aromatic heterocycles. The van der Waals surface area contributed by atoms with E-state index >= 15 is 0 Å². The fraction of sp³-hybridized carbons (Fsp3) is 0.143. The van der Waals surface area contributed by atoms with E-state index in [0.717, 1.165) is 5.69 Å². The van der Waals surface area contributed by atoms with Crippen LogP contribution in [0.5, 0.6) is 0 Å². The summed E-state index contributed by atoms with van der Waals surface area (Å²) >= 11 is 0. The van der Waals surface area contributed by atoms with Gasteiger partial charge in [-0.25, -0.2) is 9.48 Å². The van der Waals surface area contributed by atoms with Gasteiger partial charge in [-0.2, -0.15) is 5.10 Å². The van der Waals surface area contributed by atoms with E-state index in [9.17, 15) is 4.79 Å². The van der Waals surface area contributed by atoms with Gasteiger partial charge in [-0.05, 0) is 31.2 Å². The molecule has 2 rings (SSSR count). The van der Waals surface area contributed by atoms with E-state index in [1.165, 1.54) is 0 Å². The summed E-state index contributed by atoms with van der Waals surface area (Å²) < 4.78 is 6.72. The number of carbonyl (C=O) groups excluding carboxylic acids is 1. The summed E-state index contributed by atoms with van der Waals surface area (Å²) in [4.78, 5) is 11.8. The lowest BCUT2D eigenvalue weighted by Gasteiger charge is -2.08. The second-order valence-corrected chi connectivity index (χ2v) is 3.72. The number of ether oxygens (including phenoxy) is 1. The van der Waals surface area contributed by atoms with Crippen molar-refractivity contribution < 1.29 is 9.53 Å². The van der Waals surface area contributed by atoms with Gasteiger partial charge in [0.05, 0.1) is 11.3 Å². The molecule has 0 aliphatic rings. The molecule has 0 fully saturated rings. The molecule has 4 nitrogen and oxygen atoms in total. The van der Waals surface area contributed by atoms with E-state index in [1.807, 2.05) is 12.1 Å². The molecule has 0 bridgehead atoms. The molecule has 1 heterocycles. The smallest absolute Gasteiger partial charge is 0.339 e. The molecule has 0 saturated heterocycles. The molecular formula is C14H12N2O2. The average Bonchev–Trinajstić information content (AvgIpc) is 2.92. The Labute approximate surface area is 105 Å². The second-order valence-electron chi connectivity index (χ2n) is 3.72. The molecule has 0 aliphatic carbocycles. The highest BCUT2D eigenvalue weighted by molar-refractivity contribution is 5.90. The number of hydrogen-bond donors (Lipinski definition) is 0. The molecule has 0 aliphatic heterocycles. The van der Waals surface area contributed by atoms with E-state index in [1.54, 1.807) is 42.2 Å². The van der Waals surface area contributed by atoms with Crippen molar-refractivity contribution in [3.05, 3.63) is 48.3 Å². The highest BCUT2D eigenvalue weighted by Crippen LogP contribution is 2.11. The third-order valence-corrected chi connectivity index (χ3v) is 2.37. The standard InChI is InChI=1S/C14H12N2O2/c1-3-11(2)18-14(17)12-6-4-7-13(10-12)16-9-5-8-15-16/h1,4-11H,2H3/t11-/m1/s1. The Balaban J connectivity index is 2.23. The van der Waals surface area contributed by atoms with Crippen molar-refractivity contribution in [1.29, 1.82) is 0 Å². The number of carbonyl (C=O) groups is 1. The third kappa shape index (κ3) is 2.58. The van der Waals surface area contributed by atoms with Gasteiger partial charge in [0.25, 0.3) is 0 Å². The molecule has 18 heavy (non-hydrogen) atoms. The van der Waals surface area contributed by atoms with Gasteiger partial charge < -0.3 is 4.74 Å². The Morgan fingerprint density at radius 2 is 2.33 bits per heavy atom. The summed E-state index contributed by atoms with van der Waals surface area (Å²) in [7, 11) is 0. The molecule has 0 unspecified atom stereocenters. The van der Waals surface area contributed by atoms with E-state index in [4.69, 9.17) is 11.2 Å². The third-order valence-electron chi connectivity index (χ3n) is 2.37. The minimum absolute atomic E-state index is 0.436.